The van der Waals surface area contributed by atoms with Crippen molar-refractivity contribution in [3.05, 3.63) is 46.8 Å². The predicted octanol–water partition coefficient (Wildman–Crippen LogP) is 1.72. The molecule has 27 heavy (non-hydrogen) atoms. The van der Waals surface area contributed by atoms with E-state index in [0.29, 0.717) is 16.3 Å². The van der Waals surface area contributed by atoms with Crippen LogP contribution in [-0.2, 0) is 19.1 Å². The van der Waals surface area contributed by atoms with Gasteiger partial charge in [0.05, 0.1) is 16.8 Å². The largest absolute Gasteiger partial charge is 0.451 e. The van der Waals surface area contributed by atoms with Crippen LogP contribution < -0.4 is 10.2 Å². The Bertz CT molecular complexity index is 991. The Hall–Kier alpha value is -3.51. The van der Waals surface area contributed by atoms with Crippen molar-refractivity contribution < 1.29 is 23.9 Å². The van der Waals surface area contributed by atoms with E-state index in [9.17, 15) is 19.2 Å². The van der Waals surface area contributed by atoms with Gasteiger partial charge in [-0.15, -0.1) is 11.3 Å². The summed E-state index contributed by atoms with van der Waals surface area (Å²) in [7, 11) is 0. The minimum absolute atomic E-state index is 0.225. The van der Waals surface area contributed by atoms with Crippen LogP contribution in [0.2, 0.25) is 0 Å². The third-order valence-corrected chi connectivity index (χ3v) is 4.70. The monoisotopic (exact) mass is 383 g/mol. The van der Waals surface area contributed by atoms with Crippen molar-refractivity contribution in [3.8, 4) is 6.07 Å². The summed E-state index contributed by atoms with van der Waals surface area (Å²) in [5.41, 5.74) is 0.867. The molecule has 0 aliphatic carbocycles. The highest BCUT2D eigenvalue weighted by molar-refractivity contribution is 7.14. The summed E-state index contributed by atoms with van der Waals surface area (Å²) in [4.78, 5) is 49.3. The molecule has 1 aliphatic heterocycles. The summed E-state index contributed by atoms with van der Waals surface area (Å²) in [5.74, 6) is -2.94. The minimum Gasteiger partial charge on any atom is -0.451 e. The number of nitriles is 1. The molecule has 1 N–H and O–H groups in total. The zero-order valence-corrected chi connectivity index (χ0v) is 14.9. The third kappa shape index (κ3) is 3.56. The maximum absolute atomic E-state index is 12.1. The molecular weight excluding hydrogens is 370 g/mol. The van der Waals surface area contributed by atoms with Crippen LogP contribution in [0.25, 0.3) is 0 Å². The van der Waals surface area contributed by atoms with E-state index in [1.165, 1.54) is 24.3 Å². The Morgan fingerprint density at radius 2 is 2.04 bits per heavy atom. The standard InChI is InChI=1S/C18H13N3O5S/c1-10(16(24)20-17-11(8-19)6-7-27-17)26-14(22)9-21-13-5-3-2-4-12(13)15(23)18(21)25/h2-7,10H,9H2,1H3,(H,20,24)/t10-/m1/s1. The number of nitrogens with zero attached hydrogens (tertiary/aromatic N) is 2. The van der Waals surface area contributed by atoms with Crippen LogP contribution in [0.4, 0.5) is 10.7 Å². The number of fused-ring (bicyclic) bond motifs is 1. The number of rotatable bonds is 5. The lowest BCUT2D eigenvalue weighted by atomic mass is 10.1. The molecule has 2 heterocycles. The molecule has 9 heteroatoms. The molecule has 0 saturated carbocycles. The normalized spacial score (nSPS) is 13.7. The van der Waals surface area contributed by atoms with Crippen molar-refractivity contribution >= 4 is 45.6 Å². The number of nitrogens with one attached hydrogen (secondary N) is 1. The van der Waals surface area contributed by atoms with Crippen LogP contribution in [-0.4, -0.2) is 36.2 Å². The smallest absolute Gasteiger partial charge is 0.326 e. The topological polar surface area (TPSA) is 117 Å². The quantitative estimate of drug-likeness (QED) is 0.621. The van der Waals surface area contributed by atoms with E-state index in [-0.39, 0.29) is 5.56 Å². The van der Waals surface area contributed by atoms with Gasteiger partial charge in [-0.3, -0.25) is 24.1 Å². The van der Waals surface area contributed by atoms with Crippen molar-refractivity contribution in [2.24, 2.45) is 0 Å². The first kappa shape index (κ1) is 18.3. The first-order chi connectivity index (χ1) is 12.9. The molecule has 3 rings (SSSR count). The lowest BCUT2D eigenvalue weighted by Crippen LogP contribution is -2.38. The van der Waals surface area contributed by atoms with Crippen LogP contribution in [0.15, 0.2) is 35.7 Å². The number of hydrogen-bond donors (Lipinski definition) is 1. The first-order valence-electron chi connectivity index (χ1n) is 7.85. The number of hydrogen-bond acceptors (Lipinski definition) is 7. The lowest BCUT2D eigenvalue weighted by Gasteiger charge is -2.18. The van der Waals surface area contributed by atoms with Gasteiger partial charge in [0, 0.05) is 0 Å². The van der Waals surface area contributed by atoms with Gasteiger partial charge in [-0.25, -0.2) is 0 Å². The van der Waals surface area contributed by atoms with E-state index in [4.69, 9.17) is 10.00 Å². The van der Waals surface area contributed by atoms with Crippen molar-refractivity contribution in [2.75, 3.05) is 16.8 Å². The fourth-order valence-corrected chi connectivity index (χ4v) is 3.27. The molecule has 8 nitrogen and oxygen atoms in total. The van der Waals surface area contributed by atoms with Crippen LogP contribution in [0, 0.1) is 11.3 Å². The van der Waals surface area contributed by atoms with Gasteiger partial charge in [0.1, 0.15) is 17.6 Å². The molecule has 0 spiro atoms. The van der Waals surface area contributed by atoms with Gasteiger partial charge in [0.25, 0.3) is 17.6 Å². The summed E-state index contributed by atoms with van der Waals surface area (Å²) >= 11 is 1.17. The van der Waals surface area contributed by atoms with Crippen LogP contribution in [0.5, 0.6) is 0 Å². The Labute approximate surface area is 158 Å². The van der Waals surface area contributed by atoms with Crippen molar-refractivity contribution in [1.29, 1.82) is 5.26 Å². The number of thiophene rings is 1. The second-order valence-electron chi connectivity index (χ2n) is 5.63. The third-order valence-electron chi connectivity index (χ3n) is 3.87. The average molecular weight is 383 g/mol. The second-order valence-corrected chi connectivity index (χ2v) is 6.55. The summed E-state index contributed by atoms with van der Waals surface area (Å²) < 4.78 is 5.06. The number of carbonyl (C=O) groups excluding carboxylic acids is 4. The maximum atomic E-state index is 12.1. The molecule has 1 aromatic carbocycles. The average Bonchev–Trinajstić information content (AvgIpc) is 3.20. The van der Waals surface area contributed by atoms with Crippen molar-refractivity contribution in [1.82, 2.24) is 0 Å². The van der Waals surface area contributed by atoms with Gasteiger partial charge >= 0.3 is 5.97 Å². The van der Waals surface area contributed by atoms with Crippen molar-refractivity contribution in [2.45, 2.75) is 13.0 Å². The summed E-state index contributed by atoms with van der Waals surface area (Å²) in [5, 5.41) is 13.5. The van der Waals surface area contributed by atoms with Crippen molar-refractivity contribution in [3.63, 3.8) is 0 Å². The van der Waals surface area contributed by atoms with E-state index in [0.717, 1.165) is 4.90 Å². The van der Waals surface area contributed by atoms with E-state index in [1.807, 2.05) is 6.07 Å². The molecule has 0 fully saturated rings. The van der Waals surface area contributed by atoms with Gasteiger partial charge in [-0.05, 0) is 30.5 Å². The number of amides is 2. The van der Waals surface area contributed by atoms with Crippen LogP contribution >= 0.6 is 11.3 Å². The van der Waals surface area contributed by atoms with Gasteiger partial charge in [-0.2, -0.15) is 5.26 Å². The molecular formula is C18H13N3O5S. The van der Waals surface area contributed by atoms with E-state index < -0.39 is 36.2 Å². The molecule has 136 valence electrons. The Morgan fingerprint density at radius 3 is 2.78 bits per heavy atom. The first-order valence-corrected chi connectivity index (χ1v) is 8.73. The lowest BCUT2D eigenvalue weighted by molar-refractivity contribution is -0.152. The van der Waals surface area contributed by atoms with Gasteiger partial charge in [0.2, 0.25) is 0 Å². The zero-order valence-electron chi connectivity index (χ0n) is 14.1. The molecule has 1 atom stereocenters. The van der Waals surface area contributed by atoms with Crippen LogP contribution in [0.1, 0.15) is 22.8 Å². The number of anilines is 2. The Morgan fingerprint density at radius 1 is 1.30 bits per heavy atom. The molecule has 0 unspecified atom stereocenters. The maximum Gasteiger partial charge on any atom is 0.326 e. The summed E-state index contributed by atoms with van der Waals surface area (Å²) in [6.07, 6.45) is -1.14. The van der Waals surface area contributed by atoms with E-state index in [2.05, 4.69) is 5.32 Å². The number of carbonyl (C=O) groups is 4. The van der Waals surface area contributed by atoms with Gasteiger partial charge in [-0.1, -0.05) is 12.1 Å². The predicted molar refractivity (Wildman–Crippen MR) is 96.3 cm³/mol. The second kappa shape index (κ2) is 7.39. The molecule has 1 aromatic heterocycles. The SMILES string of the molecule is C[C@@H](OC(=O)CN1C(=O)C(=O)c2ccccc21)C(=O)Nc1sccc1C#N. The Balaban J connectivity index is 1.62. The number of benzene rings is 1. The van der Waals surface area contributed by atoms with Gasteiger partial charge in [0.15, 0.2) is 6.10 Å². The number of Topliss-reactive ketones (excluding diaryl/α,β-unsaturated/α-hetero) is 1. The molecule has 2 aromatic rings. The highest BCUT2D eigenvalue weighted by Crippen LogP contribution is 2.28. The molecule has 0 bridgehead atoms. The minimum atomic E-state index is -1.14. The fourth-order valence-electron chi connectivity index (χ4n) is 2.53. The zero-order chi connectivity index (χ0) is 19.6. The van der Waals surface area contributed by atoms with Crippen LogP contribution in [0.3, 0.4) is 0 Å². The molecule has 0 radical (unpaired) electrons. The number of esters is 1. The Kier molecular flexibility index (Phi) is 5.00. The highest BCUT2D eigenvalue weighted by Gasteiger charge is 2.37. The van der Waals surface area contributed by atoms with E-state index in [1.54, 1.807) is 29.6 Å². The number of para-hydroxylation sites is 1. The molecule has 2 amide bonds. The summed E-state index contributed by atoms with van der Waals surface area (Å²) in [6.45, 7) is 0.888. The summed E-state index contributed by atoms with van der Waals surface area (Å²) in [6, 6.07) is 9.83. The fraction of sp³-hybridized carbons (Fsp3) is 0.167. The molecule has 1 aliphatic rings. The number of ether oxygens (including phenoxy) is 1. The highest BCUT2D eigenvalue weighted by atomic mass is 32.1. The van der Waals surface area contributed by atoms with E-state index >= 15 is 0 Å². The number of ketones is 1. The molecule has 0 saturated heterocycles. The van der Waals surface area contributed by atoms with Gasteiger partial charge < -0.3 is 10.1 Å².